The molecule has 5 rings (SSSR count). The van der Waals surface area contributed by atoms with Crippen molar-refractivity contribution in [3.63, 3.8) is 0 Å². The maximum absolute atomic E-state index is 14.5. The maximum atomic E-state index is 14.5. The molecule has 0 spiro atoms. The Kier molecular flexibility index (Phi) is 11.7. The minimum absolute atomic E-state index is 0.0363. The molecule has 1 amide bonds. The third-order valence-electron chi connectivity index (χ3n) is 7.74. The molecule has 242 valence electrons. The molecule has 2 atom stereocenters. The summed E-state index contributed by atoms with van der Waals surface area (Å²) in [6.45, 7) is 0.983. The topological polar surface area (TPSA) is 141 Å². The monoisotopic (exact) mass is 672 g/mol. The summed E-state index contributed by atoms with van der Waals surface area (Å²) in [5.74, 6) is 0.436. The Morgan fingerprint density at radius 1 is 1.02 bits per heavy atom. The van der Waals surface area contributed by atoms with Crippen molar-refractivity contribution in [2.75, 3.05) is 19.8 Å². The molecule has 1 aliphatic heterocycles. The van der Waals surface area contributed by atoms with Crippen LogP contribution in [0.3, 0.4) is 0 Å². The van der Waals surface area contributed by atoms with Gasteiger partial charge in [-0.15, -0.1) is 0 Å². The first-order valence-electron chi connectivity index (χ1n) is 15.1. The van der Waals surface area contributed by atoms with E-state index in [0.29, 0.717) is 52.9 Å². The van der Waals surface area contributed by atoms with Gasteiger partial charge in [0.25, 0.3) is 5.91 Å². The summed E-state index contributed by atoms with van der Waals surface area (Å²) in [5.41, 5.74) is 17.2. The second-order valence-corrected chi connectivity index (χ2v) is 11.7. The summed E-state index contributed by atoms with van der Waals surface area (Å²) in [7, 11) is 0. The van der Waals surface area contributed by atoms with E-state index < -0.39 is 17.6 Å². The lowest BCUT2D eigenvalue weighted by Gasteiger charge is -2.32. The van der Waals surface area contributed by atoms with Crippen LogP contribution in [-0.4, -0.2) is 42.2 Å². The van der Waals surface area contributed by atoms with Crippen molar-refractivity contribution in [3.8, 4) is 5.75 Å². The number of aliphatic hydroxyl groups excluding tert-OH is 1. The summed E-state index contributed by atoms with van der Waals surface area (Å²) in [6, 6.07) is 29.6. The molecule has 0 saturated heterocycles. The summed E-state index contributed by atoms with van der Waals surface area (Å²) in [5, 5.41) is 13.6. The van der Waals surface area contributed by atoms with E-state index >= 15 is 0 Å². The highest BCUT2D eigenvalue weighted by Crippen LogP contribution is 2.45. The molecular formula is C35H34Cl2N6O4. The molecule has 4 aromatic rings. The van der Waals surface area contributed by atoms with E-state index in [1.54, 1.807) is 42.5 Å². The predicted octanol–water partition coefficient (Wildman–Crippen LogP) is 6.93. The smallest absolute Gasteiger partial charge is 0.266 e. The Morgan fingerprint density at radius 2 is 1.77 bits per heavy atom. The number of hydrazine groups is 1. The lowest BCUT2D eigenvalue weighted by molar-refractivity contribution is -0.130. The van der Waals surface area contributed by atoms with Crippen molar-refractivity contribution < 1.29 is 19.4 Å². The van der Waals surface area contributed by atoms with Gasteiger partial charge in [0.2, 0.25) is 5.90 Å². The van der Waals surface area contributed by atoms with Crippen molar-refractivity contribution in [1.82, 2.24) is 10.9 Å². The SMILES string of the molecule is [N-]=[N+]=NCc1ccccc1C[C@]1(C(=O)NNCCc2ccccc2)N=C(c2ccc(OCCCO)cc2)O[C@H]1c1ccc(Cl)cc1Cl. The van der Waals surface area contributed by atoms with Gasteiger partial charge in [-0.3, -0.25) is 10.2 Å². The number of carbonyl (C=O) groups excluding carboxylic acids is 1. The summed E-state index contributed by atoms with van der Waals surface area (Å²) in [6.07, 6.45) is 0.351. The number of azide groups is 1. The lowest BCUT2D eigenvalue weighted by Crippen LogP contribution is -2.54. The Balaban J connectivity index is 1.55. The molecule has 12 heteroatoms. The van der Waals surface area contributed by atoms with Crippen LogP contribution < -0.4 is 15.6 Å². The van der Waals surface area contributed by atoms with Gasteiger partial charge in [0.15, 0.2) is 11.6 Å². The zero-order chi connectivity index (χ0) is 33.1. The molecule has 0 saturated carbocycles. The normalized spacial score (nSPS) is 16.9. The number of rotatable bonds is 15. The predicted molar refractivity (Wildman–Crippen MR) is 182 cm³/mol. The van der Waals surface area contributed by atoms with Crippen LogP contribution in [0.15, 0.2) is 107 Å². The fourth-order valence-electron chi connectivity index (χ4n) is 5.36. The van der Waals surface area contributed by atoms with Gasteiger partial charge < -0.3 is 14.6 Å². The first-order chi connectivity index (χ1) is 22.9. The number of nitrogens with zero attached hydrogens (tertiary/aromatic N) is 4. The molecular weight excluding hydrogens is 639 g/mol. The van der Waals surface area contributed by atoms with E-state index in [1.807, 2.05) is 54.6 Å². The molecule has 1 aliphatic rings. The number of amides is 1. The number of carbonyl (C=O) groups is 1. The van der Waals surface area contributed by atoms with Crippen molar-refractivity contribution in [2.45, 2.75) is 37.5 Å². The number of aliphatic hydroxyl groups is 1. The highest BCUT2D eigenvalue weighted by atomic mass is 35.5. The quantitative estimate of drug-likeness (QED) is 0.0413. The van der Waals surface area contributed by atoms with Gasteiger partial charge in [-0.2, -0.15) is 0 Å². The van der Waals surface area contributed by atoms with Gasteiger partial charge >= 0.3 is 0 Å². The molecule has 4 aromatic carbocycles. The molecule has 0 fully saturated rings. The van der Waals surface area contributed by atoms with E-state index in [1.165, 1.54) is 0 Å². The molecule has 0 aliphatic carbocycles. The van der Waals surface area contributed by atoms with Crippen LogP contribution in [0.1, 0.15) is 40.3 Å². The zero-order valence-corrected chi connectivity index (χ0v) is 27.0. The average molecular weight is 674 g/mol. The number of halogens is 2. The van der Waals surface area contributed by atoms with Gasteiger partial charge in [0, 0.05) is 52.1 Å². The van der Waals surface area contributed by atoms with Crippen molar-refractivity contribution in [2.24, 2.45) is 10.1 Å². The Morgan fingerprint density at radius 3 is 2.49 bits per heavy atom. The van der Waals surface area contributed by atoms with Crippen molar-refractivity contribution in [1.29, 1.82) is 0 Å². The number of hydrogen-bond donors (Lipinski definition) is 3. The largest absolute Gasteiger partial charge is 0.494 e. The van der Waals surface area contributed by atoms with E-state index in [4.69, 9.17) is 48.3 Å². The zero-order valence-electron chi connectivity index (χ0n) is 25.5. The van der Waals surface area contributed by atoms with Crippen molar-refractivity contribution in [3.05, 3.63) is 145 Å². The standard InChI is InChI=1S/C35H34Cl2N6O4/c36-28-13-16-30(31(37)21-28)32-35(22-26-9-4-5-10-27(26)23-40-43-38,34(45)42-39-18-17-24-7-2-1-3-8-24)41-33(47-32)25-11-14-29(15-12-25)46-20-6-19-44/h1-5,7-16,21,32,39,44H,6,17-20,22-23H2,(H,42,45)/t32-,35-/m0/s1. The van der Waals surface area contributed by atoms with Crippen LogP contribution in [0.2, 0.25) is 10.0 Å². The Labute approximate surface area is 282 Å². The van der Waals surface area contributed by atoms with E-state index in [9.17, 15) is 4.79 Å². The third-order valence-corrected chi connectivity index (χ3v) is 8.30. The molecule has 0 bridgehead atoms. The van der Waals surface area contributed by atoms with E-state index in [-0.39, 0.29) is 25.5 Å². The fourth-order valence-corrected chi connectivity index (χ4v) is 5.87. The number of benzene rings is 4. The van der Waals surface area contributed by atoms with Crippen LogP contribution in [0.25, 0.3) is 10.4 Å². The Bertz CT molecular complexity index is 1750. The molecule has 3 N–H and O–H groups in total. The fraction of sp³-hybridized carbons (Fsp3) is 0.257. The van der Waals surface area contributed by atoms with Crippen LogP contribution >= 0.6 is 23.2 Å². The van der Waals surface area contributed by atoms with E-state index in [2.05, 4.69) is 20.9 Å². The molecule has 0 radical (unpaired) electrons. The van der Waals surface area contributed by atoms with E-state index in [0.717, 1.165) is 16.7 Å². The minimum atomic E-state index is -1.55. The first-order valence-corrected chi connectivity index (χ1v) is 15.9. The minimum Gasteiger partial charge on any atom is -0.494 e. The van der Waals surface area contributed by atoms with Gasteiger partial charge in [-0.1, -0.05) is 89.0 Å². The number of hydrogen-bond acceptors (Lipinski definition) is 7. The second kappa shape index (κ2) is 16.3. The number of aliphatic imine (C=N–C) groups is 1. The van der Waals surface area contributed by atoms with Crippen LogP contribution in [0.4, 0.5) is 0 Å². The maximum Gasteiger partial charge on any atom is 0.266 e. The van der Waals surface area contributed by atoms with Gasteiger partial charge in [-0.25, -0.2) is 10.4 Å². The summed E-state index contributed by atoms with van der Waals surface area (Å²) in [4.78, 5) is 22.5. The second-order valence-electron chi connectivity index (χ2n) is 10.9. The first kappa shape index (κ1) is 33.8. The molecule has 10 nitrogen and oxygen atoms in total. The highest BCUT2D eigenvalue weighted by molar-refractivity contribution is 6.35. The lowest BCUT2D eigenvalue weighted by atomic mass is 9.81. The molecule has 1 heterocycles. The summed E-state index contributed by atoms with van der Waals surface area (Å²) < 4.78 is 12.3. The van der Waals surface area contributed by atoms with Gasteiger partial charge in [-0.05, 0) is 65.0 Å². The molecule has 0 aromatic heterocycles. The van der Waals surface area contributed by atoms with Crippen LogP contribution in [-0.2, 0) is 28.9 Å². The third kappa shape index (κ3) is 8.43. The summed E-state index contributed by atoms with van der Waals surface area (Å²) >= 11 is 13.0. The van der Waals surface area contributed by atoms with Gasteiger partial charge in [0.1, 0.15) is 5.75 Å². The Hall–Kier alpha value is -4.57. The molecule has 0 unspecified atom stereocenters. The average Bonchev–Trinajstić information content (AvgIpc) is 3.47. The van der Waals surface area contributed by atoms with Crippen molar-refractivity contribution >= 4 is 35.0 Å². The highest BCUT2D eigenvalue weighted by Gasteiger charge is 2.54. The number of ether oxygens (including phenoxy) is 2. The number of nitrogens with one attached hydrogen (secondary N) is 2. The van der Waals surface area contributed by atoms with Crippen LogP contribution in [0, 0.1) is 0 Å². The van der Waals surface area contributed by atoms with Crippen LogP contribution in [0.5, 0.6) is 5.75 Å². The van der Waals surface area contributed by atoms with Gasteiger partial charge in [0.05, 0.1) is 13.2 Å². The molecule has 47 heavy (non-hydrogen) atoms.